The molecule has 0 saturated heterocycles. The number of hydrogen-bond acceptors (Lipinski definition) is 3. The second kappa shape index (κ2) is 5.32. The highest BCUT2D eigenvalue weighted by molar-refractivity contribution is 5.37. The fourth-order valence-corrected chi connectivity index (χ4v) is 2.17. The molecule has 0 heterocycles. The van der Waals surface area contributed by atoms with Gasteiger partial charge in [0.15, 0.2) is 0 Å². The summed E-state index contributed by atoms with van der Waals surface area (Å²) < 4.78 is 5.37. The molecule has 3 nitrogen and oxygen atoms in total. The first-order valence-electron chi connectivity index (χ1n) is 5.85. The maximum Gasteiger partial charge on any atom is 0.122 e. The van der Waals surface area contributed by atoms with Crippen LogP contribution in [-0.4, -0.2) is 19.8 Å². The second-order valence-electron chi connectivity index (χ2n) is 4.16. The van der Waals surface area contributed by atoms with Gasteiger partial charge in [0, 0.05) is 6.04 Å². The molecule has 1 aliphatic carbocycles. The van der Waals surface area contributed by atoms with Gasteiger partial charge in [0.05, 0.1) is 13.7 Å². The summed E-state index contributed by atoms with van der Waals surface area (Å²) in [5, 5.41) is 0. The Labute approximate surface area is 96.7 Å². The number of methoxy groups -OCH3 is 1. The number of benzene rings is 1. The van der Waals surface area contributed by atoms with Crippen molar-refractivity contribution >= 4 is 0 Å². The monoisotopic (exact) mass is 221 g/mol. The molecule has 1 N–H and O–H groups in total. The van der Waals surface area contributed by atoms with Crippen molar-refractivity contribution in [1.82, 2.24) is 5.48 Å². The Morgan fingerprint density at radius 2 is 2.06 bits per heavy atom. The van der Waals surface area contributed by atoms with Crippen molar-refractivity contribution in [3.8, 4) is 5.75 Å². The molecule has 0 aliphatic heterocycles. The molecule has 1 saturated carbocycles. The van der Waals surface area contributed by atoms with Gasteiger partial charge in [0.2, 0.25) is 0 Å². The van der Waals surface area contributed by atoms with Gasteiger partial charge in [-0.25, -0.2) is 0 Å². The highest BCUT2D eigenvalue weighted by atomic mass is 16.6. The maximum atomic E-state index is 5.37. The molecule has 3 heteroatoms. The van der Waals surface area contributed by atoms with Crippen LogP contribution in [0.25, 0.3) is 0 Å². The maximum absolute atomic E-state index is 5.37. The number of ether oxygens (including phenoxy) is 1. The standard InChI is InChI=1S/C13H19NO2/c1-3-16-14-11-8-10(9-11)12-6-4-5-7-13(12)15-2/h4-7,10-11,14H,3,8-9H2,1-2H3. The van der Waals surface area contributed by atoms with Crippen LogP contribution in [0, 0.1) is 0 Å². The van der Waals surface area contributed by atoms with E-state index in [9.17, 15) is 0 Å². The molecule has 2 rings (SSSR count). The van der Waals surface area contributed by atoms with Crippen LogP contribution in [0.4, 0.5) is 0 Å². The van der Waals surface area contributed by atoms with Gasteiger partial charge < -0.3 is 9.57 Å². The van der Waals surface area contributed by atoms with Gasteiger partial charge in [0.25, 0.3) is 0 Å². The van der Waals surface area contributed by atoms with Crippen LogP contribution in [0.1, 0.15) is 31.2 Å². The SMILES string of the molecule is CCONC1CC(c2ccccc2OC)C1. The molecule has 1 aromatic rings. The average Bonchev–Trinajstić information content (AvgIpc) is 2.28. The van der Waals surface area contributed by atoms with Gasteiger partial charge in [-0.05, 0) is 37.3 Å². The smallest absolute Gasteiger partial charge is 0.122 e. The van der Waals surface area contributed by atoms with Crippen LogP contribution in [0.5, 0.6) is 5.75 Å². The van der Waals surface area contributed by atoms with E-state index >= 15 is 0 Å². The summed E-state index contributed by atoms with van der Waals surface area (Å²) in [4.78, 5) is 5.20. The topological polar surface area (TPSA) is 30.5 Å². The van der Waals surface area contributed by atoms with E-state index in [2.05, 4.69) is 17.6 Å². The molecule has 0 unspecified atom stereocenters. The van der Waals surface area contributed by atoms with Crippen molar-refractivity contribution in [3.63, 3.8) is 0 Å². The predicted molar refractivity (Wildman–Crippen MR) is 63.5 cm³/mol. The van der Waals surface area contributed by atoms with E-state index in [-0.39, 0.29) is 0 Å². The summed E-state index contributed by atoms with van der Waals surface area (Å²) >= 11 is 0. The van der Waals surface area contributed by atoms with Crippen molar-refractivity contribution < 1.29 is 9.57 Å². The summed E-state index contributed by atoms with van der Waals surface area (Å²) in [6, 6.07) is 8.76. The summed E-state index contributed by atoms with van der Waals surface area (Å²) in [6.07, 6.45) is 2.25. The Balaban J connectivity index is 1.91. The lowest BCUT2D eigenvalue weighted by atomic mass is 9.76. The first-order valence-corrected chi connectivity index (χ1v) is 5.85. The lowest BCUT2D eigenvalue weighted by Crippen LogP contribution is -2.40. The first-order chi connectivity index (χ1) is 7.85. The Hall–Kier alpha value is -1.06. The zero-order valence-corrected chi connectivity index (χ0v) is 9.90. The van der Waals surface area contributed by atoms with Crippen molar-refractivity contribution in [1.29, 1.82) is 0 Å². The molecule has 0 spiro atoms. The summed E-state index contributed by atoms with van der Waals surface area (Å²) in [6.45, 7) is 2.71. The van der Waals surface area contributed by atoms with Crippen LogP contribution in [0.2, 0.25) is 0 Å². The van der Waals surface area contributed by atoms with Gasteiger partial charge in [-0.15, -0.1) is 0 Å². The molecule has 0 radical (unpaired) electrons. The van der Waals surface area contributed by atoms with Gasteiger partial charge in [-0.2, -0.15) is 5.48 Å². The minimum atomic E-state index is 0.495. The van der Waals surface area contributed by atoms with Gasteiger partial charge in [-0.1, -0.05) is 18.2 Å². The molecule has 0 atom stereocenters. The van der Waals surface area contributed by atoms with Crippen LogP contribution in [-0.2, 0) is 4.84 Å². The molecular weight excluding hydrogens is 202 g/mol. The van der Waals surface area contributed by atoms with E-state index < -0.39 is 0 Å². The summed E-state index contributed by atoms with van der Waals surface area (Å²) in [5.41, 5.74) is 4.38. The lowest BCUT2D eigenvalue weighted by Gasteiger charge is -2.36. The highest BCUT2D eigenvalue weighted by Gasteiger charge is 2.31. The molecular formula is C13H19NO2. The van der Waals surface area contributed by atoms with E-state index in [1.54, 1.807) is 7.11 Å². The van der Waals surface area contributed by atoms with E-state index in [4.69, 9.17) is 9.57 Å². The van der Waals surface area contributed by atoms with Crippen molar-refractivity contribution in [2.24, 2.45) is 0 Å². The van der Waals surface area contributed by atoms with Crippen molar-refractivity contribution in [3.05, 3.63) is 29.8 Å². The molecule has 16 heavy (non-hydrogen) atoms. The molecule has 0 aromatic heterocycles. The minimum absolute atomic E-state index is 0.495. The third kappa shape index (κ3) is 2.36. The Kier molecular flexibility index (Phi) is 3.80. The second-order valence-corrected chi connectivity index (χ2v) is 4.16. The fourth-order valence-electron chi connectivity index (χ4n) is 2.17. The first kappa shape index (κ1) is 11.4. The van der Waals surface area contributed by atoms with Crippen LogP contribution < -0.4 is 10.2 Å². The number of para-hydroxylation sites is 1. The number of hydroxylamine groups is 1. The Morgan fingerprint density at radius 1 is 1.31 bits per heavy atom. The van der Waals surface area contributed by atoms with Crippen LogP contribution in [0.3, 0.4) is 0 Å². The molecule has 0 bridgehead atoms. The zero-order valence-electron chi connectivity index (χ0n) is 9.90. The van der Waals surface area contributed by atoms with Crippen molar-refractivity contribution in [2.45, 2.75) is 31.7 Å². The molecule has 1 aromatic carbocycles. The summed E-state index contributed by atoms with van der Waals surface area (Å²) in [5.74, 6) is 1.61. The van der Waals surface area contributed by atoms with E-state index in [0.29, 0.717) is 12.0 Å². The predicted octanol–water partition coefficient (Wildman–Crippen LogP) is 2.48. The lowest BCUT2D eigenvalue weighted by molar-refractivity contribution is -0.00176. The van der Waals surface area contributed by atoms with Gasteiger partial charge in [0.1, 0.15) is 5.75 Å². The quantitative estimate of drug-likeness (QED) is 0.775. The molecule has 0 amide bonds. The van der Waals surface area contributed by atoms with E-state index in [1.807, 2.05) is 19.1 Å². The zero-order chi connectivity index (χ0) is 11.4. The van der Waals surface area contributed by atoms with E-state index in [1.165, 1.54) is 5.56 Å². The van der Waals surface area contributed by atoms with E-state index in [0.717, 1.165) is 25.2 Å². The number of rotatable bonds is 5. The highest BCUT2D eigenvalue weighted by Crippen LogP contribution is 2.40. The van der Waals surface area contributed by atoms with Gasteiger partial charge in [-0.3, -0.25) is 0 Å². The third-order valence-electron chi connectivity index (χ3n) is 3.11. The van der Waals surface area contributed by atoms with Gasteiger partial charge >= 0.3 is 0 Å². The average molecular weight is 221 g/mol. The number of nitrogens with one attached hydrogen (secondary N) is 1. The Morgan fingerprint density at radius 3 is 2.75 bits per heavy atom. The van der Waals surface area contributed by atoms with Crippen molar-refractivity contribution in [2.75, 3.05) is 13.7 Å². The fraction of sp³-hybridized carbons (Fsp3) is 0.538. The molecule has 1 fully saturated rings. The molecule has 88 valence electrons. The third-order valence-corrected chi connectivity index (χ3v) is 3.11. The molecule has 1 aliphatic rings. The Bertz CT molecular complexity index is 334. The summed E-state index contributed by atoms with van der Waals surface area (Å²) in [7, 11) is 1.73. The minimum Gasteiger partial charge on any atom is -0.496 e. The normalized spacial score (nSPS) is 23.9. The largest absolute Gasteiger partial charge is 0.496 e. The number of hydrogen-bond donors (Lipinski definition) is 1. The van der Waals surface area contributed by atoms with Crippen LogP contribution in [0.15, 0.2) is 24.3 Å². The van der Waals surface area contributed by atoms with Crippen LogP contribution >= 0.6 is 0 Å².